The van der Waals surface area contributed by atoms with Gasteiger partial charge in [-0.2, -0.15) is 0 Å². The predicted molar refractivity (Wildman–Crippen MR) is 64.9 cm³/mol. The van der Waals surface area contributed by atoms with E-state index in [1.807, 2.05) is 45.2 Å². The van der Waals surface area contributed by atoms with Gasteiger partial charge in [-0.1, -0.05) is 12.1 Å². The fourth-order valence-electron chi connectivity index (χ4n) is 1.31. The zero-order chi connectivity index (χ0) is 12.0. The van der Waals surface area contributed by atoms with E-state index in [2.05, 4.69) is 16.2 Å². The highest BCUT2D eigenvalue weighted by molar-refractivity contribution is 5.94. The highest BCUT2D eigenvalue weighted by Crippen LogP contribution is 2.04. The topological polar surface area (TPSA) is 53.2 Å². The number of amides is 1. The van der Waals surface area contributed by atoms with Crippen LogP contribution in [0.4, 0.5) is 0 Å². The number of hydrazine groups is 1. The van der Waals surface area contributed by atoms with E-state index in [0.717, 1.165) is 12.1 Å². The van der Waals surface area contributed by atoms with Crippen molar-refractivity contribution in [3.63, 3.8) is 0 Å². The van der Waals surface area contributed by atoms with Crippen LogP contribution in [0.25, 0.3) is 0 Å². The largest absolute Gasteiger partial charge is 1.00 e. The Morgan fingerprint density at radius 2 is 1.82 bits per heavy atom. The van der Waals surface area contributed by atoms with E-state index in [9.17, 15) is 4.79 Å². The first-order valence-electron chi connectivity index (χ1n) is 5.43. The Bertz CT molecular complexity index is 338. The molecule has 1 amide bonds. The molecule has 0 aliphatic rings. The zero-order valence-corrected chi connectivity index (χ0v) is 11.1. The fourth-order valence-corrected chi connectivity index (χ4v) is 1.31. The van der Waals surface area contributed by atoms with Crippen molar-refractivity contribution in [3.05, 3.63) is 35.4 Å². The summed E-state index contributed by atoms with van der Waals surface area (Å²) in [4.78, 5) is 11.6. The van der Waals surface area contributed by atoms with Crippen LogP contribution >= 0.6 is 0 Å². The van der Waals surface area contributed by atoms with E-state index in [1.54, 1.807) is 0 Å². The predicted octanol–water partition coefficient (Wildman–Crippen LogP) is -1.95. The molecule has 0 bridgehead atoms. The third-order valence-corrected chi connectivity index (χ3v) is 2.11. The average Bonchev–Trinajstić information content (AvgIpc) is 2.26. The van der Waals surface area contributed by atoms with Gasteiger partial charge in [0.2, 0.25) is 0 Å². The highest BCUT2D eigenvalue weighted by Gasteiger charge is 2.05. The van der Waals surface area contributed by atoms with Gasteiger partial charge in [0.05, 0.1) is 0 Å². The molecule has 0 aliphatic heterocycles. The molecule has 0 fully saturated rings. The van der Waals surface area contributed by atoms with E-state index >= 15 is 0 Å². The molecule has 0 aromatic heterocycles. The standard InChI is InChI=1S/C12H19N3O.ClH/c1-9(2)15-12(16)11-6-4-10(5-7-11)8-14-13-3;/h4-7,9,13-14H,8H2,1-3H3,(H,15,16);1H/p-1. The van der Waals surface area contributed by atoms with E-state index in [0.29, 0.717) is 5.56 Å². The van der Waals surface area contributed by atoms with Gasteiger partial charge in [0.25, 0.3) is 5.91 Å². The lowest BCUT2D eigenvalue weighted by atomic mass is 10.1. The Morgan fingerprint density at radius 1 is 1.24 bits per heavy atom. The van der Waals surface area contributed by atoms with E-state index in [-0.39, 0.29) is 24.4 Å². The molecule has 0 unspecified atom stereocenters. The van der Waals surface area contributed by atoms with Crippen molar-refractivity contribution in [3.8, 4) is 0 Å². The van der Waals surface area contributed by atoms with Crippen LogP contribution in [0.1, 0.15) is 29.8 Å². The molecule has 17 heavy (non-hydrogen) atoms. The summed E-state index contributed by atoms with van der Waals surface area (Å²) < 4.78 is 0. The summed E-state index contributed by atoms with van der Waals surface area (Å²) in [6, 6.07) is 7.73. The van der Waals surface area contributed by atoms with Gasteiger partial charge in [0.15, 0.2) is 0 Å². The summed E-state index contributed by atoms with van der Waals surface area (Å²) in [6.07, 6.45) is 0. The Balaban J connectivity index is 0.00000256. The molecule has 3 N–H and O–H groups in total. The molecule has 1 rings (SSSR count). The van der Waals surface area contributed by atoms with Gasteiger partial charge >= 0.3 is 0 Å². The molecule has 0 saturated heterocycles. The molecule has 1 aromatic carbocycles. The molecular weight excluding hydrogens is 238 g/mol. The van der Waals surface area contributed by atoms with Crippen LogP contribution in [0, 0.1) is 0 Å². The van der Waals surface area contributed by atoms with Crippen molar-refractivity contribution >= 4 is 5.91 Å². The molecule has 4 nitrogen and oxygen atoms in total. The number of carbonyl (C=O) groups is 1. The van der Waals surface area contributed by atoms with Gasteiger partial charge < -0.3 is 17.7 Å². The van der Waals surface area contributed by atoms with Crippen LogP contribution in [0.15, 0.2) is 24.3 Å². The van der Waals surface area contributed by atoms with Crippen LogP contribution in [-0.4, -0.2) is 19.0 Å². The van der Waals surface area contributed by atoms with Gasteiger partial charge in [-0.3, -0.25) is 15.6 Å². The third kappa shape index (κ3) is 5.68. The van der Waals surface area contributed by atoms with Crippen LogP contribution in [-0.2, 0) is 6.54 Å². The lowest BCUT2D eigenvalue weighted by Gasteiger charge is -2.09. The second-order valence-corrected chi connectivity index (χ2v) is 3.93. The number of hydrogen-bond acceptors (Lipinski definition) is 3. The minimum atomic E-state index is -0.0249. The maximum Gasteiger partial charge on any atom is 0.251 e. The molecule has 0 spiro atoms. The first-order valence-corrected chi connectivity index (χ1v) is 5.43. The number of carbonyl (C=O) groups excluding carboxylic acids is 1. The number of nitrogens with one attached hydrogen (secondary N) is 3. The minimum absolute atomic E-state index is 0. The summed E-state index contributed by atoms with van der Waals surface area (Å²) >= 11 is 0. The Labute approximate surface area is 109 Å². The Morgan fingerprint density at radius 3 is 2.29 bits per heavy atom. The van der Waals surface area contributed by atoms with Gasteiger partial charge in [0, 0.05) is 18.2 Å². The maximum absolute atomic E-state index is 11.6. The van der Waals surface area contributed by atoms with Crippen LogP contribution in [0.3, 0.4) is 0 Å². The summed E-state index contributed by atoms with van der Waals surface area (Å²) in [6.45, 7) is 4.63. The normalized spacial score (nSPS) is 9.88. The van der Waals surface area contributed by atoms with Crippen molar-refractivity contribution in [2.45, 2.75) is 26.4 Å². The monoisotopic (exact) mass is 256 g/mol. The second kappa shape index (κ2) is 8.06. The Hall–Kier alpha value is -1.10. The molecule has 1 aromatic rings. The highest BCUT2D eigenvalue weighted by atomic mass is 35.5. The van der Waals surface area contributed by atoms with Crippen molar-refractivity contribution in [2.75, 3.05) is 7.05 Å². The van der Waals surface area contributed by atoms with Crippen molar-refractivity contribution in [1.82, 2.24) is 16.2 Å². The molecule has 0 aliphatic carbocycles. The van der Waals surface area contributed by atoms with Gasteiger partial charge in [-0.15, -0.1) is 0 Å². The Kier molecular flexibility index (Phi) is 7.54. The zero-order valence-electron chi connectivity index (χ0n) is 10.4. The quantitative estimate of drug-likeness (QED) is 0.537. The number of benzene rings is 1. The van der Waals surface area contributed by atoms with E-state index in [1.165, 1.54) is 0 Å². The third-order valence-electron chi connectivity index (χ3n) is 2.11. The average molecular weight is 257 g/mol. The minimum Gasteiger partial charge on any atom is -1.00 e. The number of hydrogen-bond donors (Lipinski definition) is 3. The first kappa shape index (κ1) is 15.9. The molecule has 0 saturated carbocycles. The summed E-state index contributed by atoms with van der Waals surface area (Å²) in [5.74, 6) is -0.0249. The summed E-state index contributed by atoms with van der Waals surface area (Å²) in [7, 11) is 1.82. The molecule has 0 atom stereocenters. The fraction of sp³-hybridized carbons (Fsp3) is 0.417. The molecule has 0 heterocycles. The van der Waals surface area contributed by atoms with E-state index < -0.39 is 0 Å². The van der Waals surface area contributed by atoms with Crippen molar-refractivity contribution < 1.29 is 17.2 Å². The van der Waals surface area contributed by atoms with Crippen LogP contribution in [0.5, 0.6) is 0 Å². The molecule has 5 heteroatoms. The molecule has 0 radical (unpaired) electrons. The smallest absolute Gasteiger partial charge is 0.251 e. The molecular formula is C12H19ClN3O-. The maximum atomic E-state index is 11.6. The number of rotatable bonds is 5. The van der Waals surface area contributed by atoms with Crippen molar-refractivity contribution in [1.29, 1.82) is 0 Å². The number of halogens is 1. The molecule has 96 valence electrons. The second-order valence-electron chi connectivity index (χ2n) is 3.93. The van der Waals surface area contributed by atoms with Gasteiger partial charge in [-0.25, -0.2) is 0 Å². The SMILES string of the molecule is CNNCc1ccc(C(=O)NC(C)C)cc1.[Cl-]. The lowest BCUT2D eigenvalue weighted by Crippen LogP contribution is -3.00. The van der Waals surface area contributed by atoms with Gasteiger partial charge in [-0.05, 0) is 38.6 Å². The summed E-state index contributed by atoms with van der Waals surface area (Å²) in [5, 5.41) is 2.85. The lowest BCUT2D eigenvalue weighted by molar-refractivity contribution is -0.0000126. The van der Waals surface area contributed by atoms with Crippen LogP contribution < -0.4 is 28.6 Å². The van der Waals surface area contributed by atoms with E-state index in [4.69, 9.17) is 0 Å². The van der Waals surface area contributed by atoms with Crippen LogP contribution in [0.2, 0.25) is 0 Å². The van der Waals surface area contributed by atoms with Gasteiger partial charge in [0.1, 0.15) is 0 Å². The first-order chi connectivity index (χ1) is 7.63. The summed E-state index contributed by atoms with van der Waals surface area (Å²) in [5.41, 5.74) is 7.68. The van der Waals surface area contributed by atoms with Crippen molar-refractivity contribution in [2.24, 2.45) is 0 Å².